The molecule has 200 valence electrons. The van der Waals surface area contributed by atoms with Gasteiger partial charge in [0.1, 0.15) is 16.6 Å². The molecular formula is C30H41N3O3S. The van der Waals surface area contributed by atoms with Crippen molar-refractivity contribution < 1.29 is 14.3 Å². The summed E-state index contributed by atoms with van der Waals surface area (Å²) in [5.74, 6) is -0.393. The van der Waals surface area contributed by atoms with Crippen LogP contribution in [-0.2, 0) is 14.3 Å². The lowest BCUT2D eigenvalue weighted by atomic mass is 9.99. The second kappa shape index (κ2) is 12.8. The quantitative estimate of drug-likeness (QED) is 0.161. The normalized spacial score (nSPS) is 18.4. The highest BCUT2D eigenvalue weighted by molar-refractivity contribution is 7.81. The first-order valence-electron chi connectivity index (χ1n) is 13.1. The molecule has 7 heteroatoms. The number of nitriles is 1. The number of ether oxygens (including phenoxy) is 2. The lowest BCUT2D eigenvalue weighted by molar-refractivity contribution is -0.118. The van der Waals surface area contributed by atoms with E-state index in [0.29, 0.717) is 32.1 Å². The van der Waals surface area contributed by atoms with Crippen molar-refractivity contribution in [3.63, 3.8) is 0 Å². The third kappa shape index (κ3) is 8.49. The highest BCUT2D eigenvalue weighted by Crippen LogP contribution is 2.29. The molecular weight excluding hydrogens is 482 g/mol. The van der Waals surface area contributed by atoms with Crippen LogP contribution in [0.25, 0.3) is 16.8 Å². The van der Waals surface area contributed by atoms with E-state index < -0.39 is 16.4 Å². The average Bonchev–Trinajstić information content (AvgIpc) is 2.85. The number of benzene rings is 2. The van der Waals surface area contributed by atoms with Gasteiger partial charge in [-0.25, -0.2) is 0 Å². The first-order chi connectivity index (χ1) is 17.5. The lowest BCUT2D eigenvalue weighted by Gasteiger charge is -2.35. The van der Waals surface area contributed by atoms with Crippen molar-refractivity contribution in [2.24, 2.45) is 0 Å². The number of fused-ring (bicyclic) bond motifs is 1. The SMILES string of the molecule is COCCC(C)(S)OCCC(C)(C)NC(=O)/C(C#N)=C/c1ccc2cc(N3CCCCC3C)ccc2c1. The Balaban J connectivity index is 1.66. The van der Waals surface area contributed by atoms with Crippen LogP contribution in [0, 0.1) is 11.3 Å². The Hall–Kier alpha value is -2.53. The van der Waals surface area contributed by atoms with Gasteiger partial charge in [-0.1, -0.05) is 18.2 Å². The Morgan fingerprint density at radius 2 is 1.89 bits per heavy atom. The van der Waals surface area contributed by atoms with Crippen LogP contribution in [0.2, 0.25) is 0 Å². The van der Waals surface area contributed by atoms with E-state index in [9.17, 15) is 10.1 Å². The summed E-state index contributed by atoms with van der Waals surface area (Å²) in [6.07, 6.45) is 6.65. The summed E-state index contributed by atoms with van der Waals surface area (Å²) in [6, 6.07) is 15.2. The highest BCUT2D eigenvalue weighted by atomic mass is 32.1. The van der Waals surface area contributed by atoms with Gasteiger partial charge >= 0.3 is 0 Å². The number of carbonyl (C=O) groups excluding carboxylic acids is 1. The maximum absolute atomic E-state index is 12.9. The zero-order valence-corrected chi connectivity index (χ0v) is 23.7. The van der Waals surface area contributed by atoms with Gasteiger partial charge in [0.2, 0.25) is 0 Å². The van der Waals surface area contributed by atoms with E-state index in [1.54, 1.807) is 13.2 Å². The molecule has 2 atom stereocenters. The molecule has 37 heavy (non-hydrogen) atoms. The molecule has 2 aromatic carbocycles. The average molecular weight is 524 g/mol. The number of hydrogen-bond donors (Lipinski definition) is 2. The van der Waals surface area contributed by atoms with Gasteiger partial charge in [-0.3, -0.25) is 4.79 Å². The van der Waals surface area contributed by atoms with E-state index in [2.05, 4.69) is 60.1 Å². The van der Waals surface area contributed by atoms with Crippen molar-refractivity contribution in [3.05, 3.63) is 47.5 Å². The van der Waals surface area contributed by atoms with Gasteiger partial charge in [0.25, 0.3) is 5.91 Å². The fourth-order valence-corrected chi connectivity index (χ4v) is 4.83. The van der Waals surface area contributed by atoms with Crippen molar-refractivity contribution in [3.8, 4) is 6.07 Å². The minimum absolute atomic E-state index is 0.0752. The molecule has 0 radical (unpaired) electrons. The lowest BCUT2D eigenvalue weighted by Crippen LogP contribution is -2.45. The zero-order chi connectivity index (χ0) is 27.1. The standard InChI is InChI=1S/C30H41N3O3S/c1-22-8-6-7-15-33(22)27-12-11-24-18-23(9-10-25(24)20-27)19-26(21-31)28(34)32-29(2,3)13-17-36-30(4,37)14-16-35-5/h9-12,18-20,22,37H,6-8,13-17H2,1-5H3,(H,32,34)/b26-19+. The van der Waals surface area contributed by atoms with Gasteiger partial charge in [-0.15, -0.1) is 12.6 Å². The summed E-state index contributed by atoms with van der Waals surface area (Å²) in [7, 11) is 1.65. The van der Waals surface area contributed by atoms with Gasteiger partial charge in [-0.05, 0) is 94.0 Å². The molecule has 1 aliphatic heterocycles. The number of anilines is 1. The second-order valence-corrected chi connectivity index (χ2v) is 11.8. The van der Waals surface area contributed by atoms with E-state index >= 15 is 0 Å². The molecule has 1 fully saturated rings. The van der Waals surface area contributed by atoms with Crippen molar-refractivity contribution in [1.29, 1.82) is 5.26 Å². The Morgan fingerprint density at radius 1 is 1.16 bits per heavy atom. The Kier molecular flexibility index (Phi) is 10.1. The molecule has 1 heterocycles. The summed E-state index contributed by atoms with van der Waals surface area (Å²) in [5, 5.41) is 14.9. The Labute approximate surface area is 227 Å². The van der Waals surface area contributed by atoms with Gasteiger partial charge in [-0.2, -0.15) is 5.26 Å². The minimum atomic E-state index is -0.601. The van der Waals surface area contributed by atoms with Crippen molar-refractivity contribution in [1.82, 2.24) is 5.32 Å². The third-order valence-electron chi connectivity index (χ3n) is 7.02. The topological polar surface area (TPSA) is 74.6 Å². The van der Waals surface area contributed by atoms with Crippen molar-refractivity contribution in [2.45, 2.75) is 76.3 Å². The van der Waals surface area contributed by atoms with Crippen LogP contribution in [-0.4, -0.2) is 49.3 Å². The van der Waals surface area contributed by atoms with E-state index in [-0.39, 0.29) is 5.57 Å². The molecule has 1 N–H and O–H groups in total. The van der Waals surface area contributed by atoms with E-state index in [1.807, 2.05) is 32.9 Å². The van der Waals surface area contributed by atoms with Crippen LogP contribution >= 0.6 is 12.6 Å². The van der Waals surface area contributed by atoms with Crippen LogP contribution in [0.3, 0.4) is 0 Å². The second-order valence-electron chi connectivity index (χ2n) is 10.9. The molecule has 0 saturated carbocycles. The minimum Gasteiger partial charge on any atom is -0.385 e. The summed E-state index contributed by atoms with van der Waals surface area (Å²) in [6.45, 7) is 10.1. The van der Waals surface area contributed by atoms with Gasteiger partial charge in [0.15, 0.2) is 0 Å². The molecule has 1 saturated heterocycles. The number of nitrogens with one attached hydrogen (secondary N) is 1. The zero-order valence-electron chi connectivity index (χ0n) is 22.8. The monoisotopic (exact) mass is 523 g/mol. The fourth-order valence-electron chi connectivity index (χ4n) is 4.64. The number of hydrogen-bond acceptors (Lipinski definition) is 6. The Bertz CT molecular complexity index is 1150. The number of carbonyl (C=O) groups is 1. The Morgan fingerprint density at radius 3 is 2.59 bits per heavy atom. The molecule has 2 aromatic rings. The largest absolute Gasteiger partial charge is 0.385 e. The van der Waals surface area contributed by atoms with Crippen LogP contribution in [0.5, 0.6) is 0 Å². The number of thiol groups is 1. The molecule has 0 bridgehead atoms. The van der Waals surface area contributed by atoms with E-state index in [1.165, 1.54) is 24.9 Å². The summed E-state index contributed by atoms with van der Waals surface area (Å²) in [5.41, 5.74) is 1.60. The van der Waals surface area contributed by atoms with Gasteiger partial charge < -0.3 is 19.7 Å². The van der Waals surface area contributed by atoms with Gasteiger partial charge in [0, 0.05) is 44.0 Å². The molecule has 0 aromatic heterocycles. The van der Waals surface area contributed by atoms with E-state index in [0.717, 1.165) is 22.9 Å². The molecule has 2 unspecified atom stereocenters. The number of amides is 1. The predicted molar refractivity (Wildman–Crippen MR) is 155 cm³/mol. The number of methoxy groups -OCH3 is 1. The molecule has 3 rings (SSSR count). The smallest absolute Gasteiger partial charge is 0.262 e. The summed E-state index contributed by atoms with van der Waals surface area (Å²) >= 11 is 4.54. The van der Waals surface area contributed by atoms with Crippen LogP contribution < -0.4 is 10.2 Å². The van der Waals surface area contributed by atoms with Gasteiger partial charge in [0.05, 0.1) is 6.61 Å². The van der Waals surface area contributed by atoms with Crippen LogP contribution in [0.4, 0.5) is 5.69 Å². The first-order valence-corrected chi connectivity index (χ1v) is 13.6. The maximum Gasteiger partial charge on any atom is 0.262 e. The third-order valence-corrected chi connectivity index (χ3v) is 7.37. The fraction of sp³-hybridized carbons (Fsp3) is 0.533. The van der Waals surface area contributed by atoms with Crippen molar-refractivity contribution >= 4 is 41.1 Å². The van der Waals surface area contributed by atoms with Crippen molar-refractivity contribution in [2.75, 3.05) is 31.8 Å². The predicted octanol–water partition coefficient (Wildman–Crippen LogP) is 6.11. The summed E-state index contributed by atoms with van der Waals surface area (Å²) < 4.78 is 11.0. The molecule has 1 amide bonds. The first kappa shape index (κ1) is 29.0. The molecule has 6 nitrogen and oxygen atoms in total. The molecule has 0 spiro atoms. The van der Waals surface area contributed by atoms with Crippen LogP contribution in [0.1, 0.15) is 65.4 Å². The molecule has 1 aliphatic rings. The maximum atomic E-state index is 12.9. The van der Waals surface area contributed by atoms with Crippen LogP contribution in [0.15, 0.2) is 42.0 Å². The number of nitrogens with zero attached hydrogens (tertiary/aromatic N) is 2. The van der Waals surface area contributed by atoms with E-state index in [4.69, 9.17) is 9.47 Å². The summed E-state index contributed by atoms with van der Waals surface area (Å²) in [4.78, 5) is 14.8. The highest BCUT2D eigenvalue weighted by Gasteiger charge is 2.25. The molecule has 0 aliphatic carbocycles. The number of rotatable bonds is 11. The number of piperidine rings is 1.